The van der Waals surface area contributed by atoms with Gasteiger partial charge in [-0.1, -0.05) is 38.8 Å². The first-order valence-corrected chi connectivity index (χ1v) is 9.71. The van der Waals surface area contributed by atoms with Crippen LogP contribution in [0.2, 0.25) is 0 Å². The number of hydrogen-bond acceptors (Lipinski definition) is 8. The summed E-state index contributed by atoms with van der Waals surface area (Å²) in [6.45, 7) is 4.00. The molecule has 0 amide bonds. The minimum Gasteiger partial charge on any atom is -0.410 e. The molecule has 1 fully saturated rings. The lowest BCUT2D eigenvalue weighted by Gasteiger charge is -2.17. The molecule has 4 N–H and O–H groups in total. The predicted octanol–water partition coefficient (Wildman–Crippen LogP) is 5.51. The van der Waals surface area contributed by atoms with E-state index < -0.39 is 6.36 Å². The van der Waals surface area contributed by atoms with Crippen molar-refractivity contribution >= 4 is 23.3 Å². The van der Waals surface area contributed by atoms with E-state index in [2.05, 4.69) is 30.5 Å². The van der Waals surface area contributed by atoms with E-state index >= 15 is 0 Å². The van der Waals surface area contributed by atoms with Gasteiger partial charge in [-0.3, -0.25) is 0 Å². The first kappa shape index (κ1) is 23.2. The molecule has 0 saturated heterocycles. The van der Waals surface area contributed by atoms with E-state index in [0.717, 1.165) is 25.7 Å². The van der Waals surface area contributed by atoms with Crippen LogP contribution in [0.1, 0.15) is 46.0 Å². The number of aromatic nitrogens is 2. The molecule has 0 atom stereocenters. The van der Waals surface area contributed by atoms with E-state index in [1.165, 1.54) is 18.2 Å². The van der Waals surface area contributed by atoms with Gasteiger partial charge in [-0.05, 0) is 30.2 Å². The highest BCUT2D eigenvalue weighted by atomic mass is 19.4. The normalized spacial score (nSPS) is 16.6. The number of nitrogens with two attached hydrogens (primary N) is 1. The number of nitroso groups, excluding NO2 is 1. The van der Waals surface area contributed by atoms with Gasteiger partial charge in [-0.2, -0.15) is 0 Å². The van der Waals surface area contributed by atoms with Gasteiger partial charge in [0, 0.05) is 18.2 Å². The van der Waals surface area contributed by atoms with Crippen LogP contribution < -0.4 is 16.4 Å². The molecule has 2 aliphatic rings. The summed E-state index contributed by atoms with van der Waals surface area (Å²) in [7, 11) is 0. The number of alkyl halides is 3. The maximum Gasteiger partial charge on any atom is 0.572 e. The molecule has 0 unspecified atom stereocenters. The van der Waals surface area contributed by atoms with E-state index in [1.807, 2.05) is 13.8 Å². The second-order valence-electron chi connectivity index (χ2n) is 6.38. The Morgan fingerprint density at radius 1 is 1.20 bits per heavy atom. The fraction of sp³-hybridized carbons (Fsp3) is 0.474. The number of ether oxygens (including phenoxy) is 1. The number of nitrogens with zero attached hydrogens (tertiary/aromatic N) is 3. The lowest BCUT2D eigenvalue weighted by atomic mass is 10.2. The lowest BCUT2D eigenvalue weighted by Crippen LogP contribution is -2.18. The number of anilines is 3. The Bertz CT molecular complexity index is 830. The van der Waals surface area contributed by atoms with Gasteiger partial charge < -0.3 is 21.1 Å². The largest absolute Gasteiger partial charge is 0.572 e. The summed E-state index contributed by atoms with van der Waals surface area (Å²) in [4.78, 5) is 19.2. The highest BCUT2D eigenvalue weighted by Gasteiger charge is 2.31. The van der Waals surface area contributed by atoms with E-state index in [1.54, 1.807) is 6.08 Å². The van der Waals surface area contributed by atoms with Crippen molar-refractivity contribution in [1.82, 2.24) is 9.97 Å². The third-order valence-corrected chi connectivity index (χ3v) is 4.28. The summed E-state index contributed by atoms with van der Waals surface area (Å²) in [6.07, 6.45) is 5.00. The molecule has 8 nitrogen and oxygen atoms in total. The summed E-state index contributed by atoms with van der Waals surface area (Å²) < 4.78 is 41.1. The molecular formula is C19H25F3N6O2. The van der Waals surface area contributed by atoms with E-state index in [-0.39, 0.29) is 35.7 Å². The Balaban J connectivity index is 0.00000155. The number of rotatable bonds is 6. The zero-order valence-corrected chi connectivity index (χ0v) is 16.8. The number of halogens is 3. The Hall–Kier alpha value is -3.11. The van der Waals surface area contributed by atoms with Gasteiger partial charge in [0.25, 0.3) is 0 Å². The van der Waals surface area contributed by atoms with Crippen LogP contribution in [0, 0.1) is 4.91 Å². The molecule has 0 radical (unpaired) electrons. The second kappa shape index (κ2) is 10.6. The lowest BCUT2D eigenvalue weighted by molar-refractivity contribution is -0.305. The van der Waals surface area contributed by atoms with Crippen LogP contribution >= 0.6 is 0 Å². The van der Waals surface area contributed by atoms with Crippen LogP contribution in [0.4, 0.5) is 36.4 Å². The Morgan fingerprint density at radius 2 is 1.90 bits per heavy atom. The summed E-state index contributed by atoms with van der Waals surface area (Å²) in [6, 6.07) is 0.205. The van der Waals surface area contributed by atoms with Crippen LogP contribution in [0.25, 0.3) is 0 Å². The molecule has 164 valence electrons. The Morgan fingerprint density at radius 3 is 2.53 bits per heavy atom. The van der Waals surface area contributed by atoms with Crippen LogP contribution in [0.3, 0.4) is 0 Å². The smallest absolute Gasteiger partial charge is 0.410 e. The maximum absolute atomic E-state index is 12.4. The van der Waals surface area contributed by atoms with Gasteiger partial charge in [0.2, 0.25) is 5.82 Å². The maximum atomic E-state index is 12.4. The van der Waals surface area contributed by atoms with Crippen LogP contribution in [-0.2, 0) is 4.74 Å². The number of nitrogen functional groups attached to an aromatic ring is 1. The van der Waals surface area contributed by atoms with Crippen LogP contribution in [0.15, 0.2) is 40.9 Å². The van der Waals surface area contributed by atoms with Crippen molar-refractivity contribution in [2.45, 2.75) is 58.4 Å². The minimum absolute atomic E-state index is 0.0819. The van der Waals surface area contributed by atoms with Gasteiger partial charge >= 0.3 is 6.36 Å². The van der Waals surface area contributed by atoms with Gasteiger partial charge in [-0.25, -0.2) is 9.97 Å². The number of nitrogens with one attached hydrogen (secondary N) is 2. The monoisotopic (exact) mass is 426 g/mol. The average molecular weight is 426 g/mol. The van der Waals surface area contributed by atoms with Crippen molar-refractivity contribution in [3.8, 4) is 0 Å². The zero-order valence-electron chi connectivity index (χ0n) is 16.8. The average Bonchev–Trinajstić information content (AvgIpc) is 3.11. The predicted molar refractivity (Wildman–Crippen MR) is 110 cm³/mol. The molecule has 30 heavy (non-hydrogen) atoms. The van der Waals surface area contributed by atoms with Gasteiger partial charge in [0.15, 0.2) is 17.5 Å². The van der Waals surface area contributed by atoms with Gasteiger partial charge in [0.1, 0.15) is 5.76 Å². The molecule has 0 spiro atoms. The third kappa shape index (κ3) is 6.75. The zero-order chi connectivity index (χ0) is 22.1. The first-order valence-electron chi connectivity index (χ1n) is 9.71. The van der Waals surface area contributed by atoms with E-state index in [0.29, 0.717) is 11.5 Å². The van der Waals surface area contributed by atoms with Crippen molar-refractivity contribution in [1.29, 1.82) is 0 Å². The topological polar surface area (TPSA) is 115 Å². The molecule has 1 aromatic heterocycles. The summed E-state index contributed by atoms with van der Waals surface area (Å²) in [5, 5.41) is 8.97. The molecule has 3 rings (SSSR count). The van der Waals surface area contributed by atoms with Crippen LogP contribution in [0.5, 0.6) is 0 Å². The molecule has 0 aliphatic heterocycles. The van der Waals surface area contributed by atoms with Gasteiger partial charge in [-0.15, -0.1) is 18.1 Å². The van der Waals surface area contributed by atoms with Crippen molar-refractivity contribution in [3.63, 3.8) is 0 Å². The standard InChI is InChI=1S/C17H19F3N6O2.C2H6/c18-17(19,20)28-12-7-3-6-11(8-9-12)23-16-15(22-10-4-1-2-5-10)24-13(21)14(25-16)26-27;1-2/h3,6-8,10H,1-2,4-5,9H2,(H,23,25)(H3,21,22,24);1-2H3. The fourth-order valence-corrected chi connectivity index (χ4v) is 3.02. The first-order chi connectivity index (χ1) is 14.3. The SMILES string of the molecule is CC.Nc1nc(NC2CCCC2)c(NC2=CCC(OC(F)(F)F)=CC=C2)nc1N=O. The molecule has 1 saturated carbocycles. The summed E-state index contributed by atoms with van der Waals surface area (Å²) in [5.74, 6) is -0.0452. The highest BCUT2D eigenvalue weighted by Crippen LogP contribution is 2.31. The third-order valence-electron chi connectivity index (χ3n) is 4.28. The van der Waals surface area contributed by atoms with E-state index in [4.69, 9.17) is 5.73 Å². The molecule has 1 aromatic rings. The van der Waals surface area contributed by atoms with Crippen molar-refractivity contribution in [2.24, 2.45) is 5.18 Å². The summed E-state index contributed by atoms with van der Waals surface area (Å²) in [5.41, 5.74) is 6.18. The number of hydrogen-bond donors (Lipinski definition) is 3. The van der Waals surface area contributed by atoms with Crippen molar-refractivity contribution < 1.29 is 17.9 Å². The highest BCUT2D eigenvalue weighted by molar-refractivity contribution is 5.70. The van der Waals surface area contributed by atoms with Crippen LogP contribution in [-0.4, -0.2) is 22.4 Å². The quantitative estimate of drug-likeness (QED) is 0.514. The van der Waals surface area contributed by atoms with Crippen molar-refractivity contribution in [2.75, 3.05) is 16.4 Å². The minimum atomic E-state index is -4.75. The summed E-state index contributed by atoms with van der Waals surface area (Å²) >= 11 is 0. The Labute approximate surface area is 172 Å². The molecule has 11 heteroatoms. The number of allylic oxidation sites excluding steroid dienone is 4. The molecule has 1 heterocycles. The fourth-order valence-electron chi connectivity index (χ4n) is 3.02. The van der Waals surface area contributed by atoms with Gasteiger partial charge in [0.05, 0.1) is 0 Å². The van der Waals surface area contributed by atoms with Crippen molar-refractivity contribution in [3.05, 3.63) is 40.7 Å². The van der Waals surface area contributed by atoms with E-state index in [9.17, 15) is 18.1 Å². The molecule has 0 bridgehead atoms. The molecule has 2 aliphatic carbocycles. The molecular weight excluding hydrogens is 401 g/mol. The second-order valence-corrected chi connectivity index (χ2v) is 6.38. The molecule has 0 aromatic carbocycles. The Kier molecular flexibility index (Phi) is 8.19.